The van der Waals surface area contributed by atoms with Crippen molar-refractivity contribution in [2.24, 2.45) is 0 Å². The van der Waals surface area contributed by atoms with Gasteiger partial charge in [-0.05, 0) is 60.3 Å². The number of nitrogens with one attached hydrogen (secondary N) is 1. The van der Waals surface area contributed by atoms with E-state index in [9.17, 15) is 0 Å². The van der Waals surface area contributed by atoms with E-state index in [1.807, 2.05) is 0 Å². The summed E-state index contributed by atoms with van der Waals surface area (Å²) in [6.07, 6.45) is 0.934. The number of rotatable bonds is 4. The summed E-state index contributed by atoms with van der Waals surface area (Å²) in [4.78, 5) is 3.56. The normalized spacial score (nSPS) is 16.5. The van der Waals surface area contributed by atoms with Crippen molar-refractivity contribution in [1.82, 2.24) is 10.2 Å². The Balaban J connectivity index is 2.10. The molecule has 1 unspecified atom stereocenters. The van der Waals surface area contributed by atoms with Crippen LogP contribution >= 0.6 is 23.6 Å². The summed E-state index contributed by atoms with van der Waals surface area (Å²) in [5.41, 5.74) is 2.53. The summed E-state index contributed by atoms with van der Waals surface area (Å²) in [5, 5.41) is 6.21. The molecule has 1 aromatic heterocycles. The van der Waals surface area contributed by atoms with Crippen LogP contribution in [-0.2, 0) is 6.42 Å². The molecule has 4 nitrogen and oxygen atoms in total. The minimum atomic E-state index is 0.111. The first kappa shape index (κ1) is 17.0. The minimum Gasteiger partial charge on any atom is -0.493 e. The van der Waals surface area contributed by atoms with Crippen molar-refractivity contribution >= 4 is 28.7 Å². The van der Waals surface area contributed by atoms with E-state index in [2.05, 4.69) is 46.8 Å². The molecule has 1 aliphatic heterocycles. The van der Waals surface area contributed by atoms with Crippen molar-refractivity contribution in [3.05, 3.63) is 45.6 Å². The van der Waals surface area contributed by atoms with Crippen molar-refractivity contribution in [3.8, 4) is 11.5 Å². The molecule has 0 bridgehead atoms. The summed E-state index contributed by atoms with van der Waals surface area (Å²) < 4.78 is 11.0. The third kappa shape index (κ3) is 3.08. The van der Waals surface area contributed by atoms with Crippen LogP contribution in [0.5, 0.6) is 11.5 Å². The lowest BCUT2D eigenvalue weighted by atomic mass is 9.91. The lowest BCUT2D eigenvalue weighted by Gasteiger charge is -2.39. The molecule has 2 aromatic rings. The molecular weight excluding hydrogens is 340 g/mol. The van der Waals surface area contributed by atoms with Crippen molar-refractivity contribution in [1.29, 1.82) is 0 Å². The van der Waals surface area contributed by atoms with Crippen molar-refractivity contribution < 1.29 is 9.47 Å². The maximum atomic E-state index is 5.63. The molecule has 0 aliphatic carbocycles. The van der Waals surface area contributed by atoms with Crippen LogP contribution in [0.2, 0.25) is 0 Å². The maximum absolute atomic E-state index is 5.63. The summed E-state index contributed by atoms with van der Waals surface area (Å²) in [7, 11) is 3.35. The van der Waals surface area contributed by atoms with Gasteiger partial charge in [0.15, 0.2) is 16.6 Å². The topological polar surface area (TPSA) is 33.7 Å². The average Bonchev–Trinajstić information content (AvgIpc) is 3.13. The Morgan fingerprint density at radius 1 is 1.33 bits per heavy atom. The van der Waals surface area contributed by atoms with Gasteiger partial charge in [-0.15, -0.1) is 11.3 Å². The fourth-order valence-electron chi connectivity index (χ4n) is 3.17. The van der Waals surface area contributed by atoms with Gasteiger partial charge in [0, 0.05) is 18.0 Å². The van der Waals surface area contributed by atoms with Crippen LogP contribution in [0.4, 0.5) is 0 Å². The zero-order valence-electron chi connectivity index (χ0n) is 14.2. The summed E-state index contributed by atoms with van der Waals surface area (Å²) >= 11 is 7.38. The van der Waals surface area contributed by atoms with Gasteiger partial charge in [0.1, 0.15) is 0 Å². The lowest BCUT2D eigenvalue weighted by Crippen LogP contribution is -2.45. The van der Waals surface area contributed by atoms with Crippen molar-refractivity contribution in [3.63, 3.8) is 0 Å². The Morgan fingerprint density at radius 3 is 2.71 bits per heavy atom. The molecule has 0 fully saturated rings. The van der Waals surface area contributed by atoms with Gasteiger partial charge in [0.2, 0.25) is 0 Å². The van der Waals surface area contributed by atoms with Gasteiger partial charge < -0.3 is 19.7 Å². The highest BCUT2D eigenvalue weighted by molar-refractivity contribution is 7.80. The largest absolute Gasteiger partial charge is 0.493 e. The van der Waals surface area contributed by atoms with Crippen LogP contribution in [0.1, 0.15) is 29.0 Å². The molecule has 1 N–H and O–H groups in total. The Morgan fingerprint density at radius 2 is 2.08 bits per heavy atom. The predicted molar refractivity (Wildman–Crippen MR) is 102 cm³/mol. The van der Waals surface area contributed by atoms with E-state index in [1.54, 1.807) is 25.6 Å². The van der Waals surface area contributed by atoms with E-state index in [0.717, 1.165) is 36.1 Å². The molecule has 0 saturated heterocycles. The third-order valence-electron chi connectivity index (χ3n) is 4.28. The number of thiophene rings is 1. The summed E-state index contributed by atoms with van der Waals surface area (Å²) in [6, 6.07) is 8.56. The molecule has 1 aromatic carbocycles. The standard InChI is InChI=1S/C18H22N2O2S2/c1-4-19-18(23)20-8-7-12-10-14(21-2)15(22-3)11-13(12)17(20)16-6-5-9-24-16/h5-6,9-11,17H,4,7-8H2,1-3H3,(H,19,23). The molecule has 2 heterocycles. The summed E-state index contributed by atoms with van der Waals surface area (Å²) in [5.74, 6) is 1.54. The molecule has 1 aliphatic rings. The molecular formula is C18H22N2O2S2. The quantitative estimate of drug-likeness (QED) is 0.841. The molecule has 128 valence electrons. The third-order valence-corrected chi connectivity index (χ3v) is 5.58. The first-order chi connectivity index (χ1) is 11.7. The molecule has 3 rings (SSSR count). The second kappa shape index (κ2) is 7.40. The first-order valence-electron chi connectivity index (χ1n) is 8.02. The van der Waals surface area contributed by atoms with Crippen LogP contribution in [0.3, 0.4) is 0 Å². The minimum absolute atomic E-state index is 0.111. The highest BCUT2D eigenvalue weighted by Crippen LogP contribution is 2.42. The smallest absolute Gasteiger partial charge is 0.169 e. The zero-order valence-corrected chi connectivity index (χ0v) is 15.8. The van der Waals surface area contributed by atoms with Crippen LogP contribution in [0.15, 0.2) is 29.6 Å². The zero-order chi connectivity index (χ0) is 17.1. The Hall–Kier alpha value is -1.79. The highest BCUT2D eigenvalue weighted by Gasteiger charge is 2.32. The van der Waals surface area contributed by atoms with Gasteiger partial charge in [0.05, 0.1) is 20.3 Å². The van der Waals surface area contributed by atoms with E-state index in [1.165, 1.54) is 16.0 Å². The molecule has 0 saturated carbocycles. The van der Waals surface area contributed by atoms with Gasteiger partial charge in [-0.2, -0.15) is 0 Å². The predicted octanol–water partition coefficient (Wildman–Crippen LogP) is 3.61. The van der Waals surface area contributed by atoms with E-state index < -0.39 is 0 Å². The van der Waals surface area contributed by atoms with Gasteiger partial charge >= 0.3 is 0 Å². The Bertz CT molecular complexity index is 716. The number of hydrogen-bond donors (Lipinski definition) is 1. The van der Waals surface area contributed by atoms with E-state index in [0.29, 0.717) is 0 Å². The molecule has 24 heavy (non-hydrogen) atoms. The number of ether oxygens (including phenoxy) is 2. The fraction of sp³-hybridized carbons (Fsp3) is 0.389. The summed E-state index contributed by atoms with van der Waals surface area (Å²) in [6.45, 7) is 3.78. The second-order valence-corrected chi connectivity index (χ2v) is 6.97. The SMILES string of the molecule is CCNC(=S)N1CCc2cc(OC)c(OC)cc2C1c1cccs1. The highest BCUT2D eigenvalue weighted by atomic mass is 32.1. The molecule has 0 amide bonds. The number of fused-ring (bicyclic) bond motifs is 1. The number of nitrogens with zero attached hydrogens (tertiary/aromatic N) is 1. The lowest BCUT2D eigenvalue weighted by molar-refractivity contribution is 0.327. The van der Waals surface area contributed by atoms with Gasteiger partial charge in [-0.3, -0.25) is 0 Å². The van der Waals surface area contributed by atoms with Crippen LogP contribution in [0, 0.1) is 0 Å². The Kier molecular flexibility index (Phi) is 5.26. The van der Waals surface area contributed by atoms with Gasteiger partial charge in [0.25, 0.3) is 0 Å². The van der Waals surface area contributed by atoms with Crippen LogP contribution in [-0.4, -0.2) is 37.3 Å². The average molecular weight is 363 g/mol. The second-order valence-electron chi connectivity index (χ2n) is 5.60. The monoisotopic (exact) mass is 362 g/mol. The van der Waals surface area contributed by atoms with E-state index in [-0.39, 0.29) is 6.04 Å². The number of hydrogen-bond acceptors (Lipinski definition) is 4. The number of thiocarbonyl (C=S) groups is 1. The number of benzene rings is 1. The van der Waals surface area contributed by atoms with E-state index >= 15 is 0 Å². The van der Waals surface area contributed by atoms with Crippen molar-refractivity contribution in [2.75, 3.05) is 27.3 Å². The van der Waals surface area contributed by atoms with Crippen molar-refractivity contribution in [2.45, 2.75) is 19.4 Å². The van der Waals surface area contributed by atoms with Gasteiger partial charge in [-0.1, -0.05) is 6.07 Å². The van der Waals surface area contributed by atoms with Crippen LogP contribution in [0.25, 0.3) is 0 Å². The maximum Gasteiger partial charge on any atom is 0.169 e. The Labute approximate surface area is 152 Å². The van der Waals surface area contributed by atoms with E-state index in [4.69, 9.17) is 21.7 Å². The number of methoxy groups -OCH3 is 2. The van der Waals surface area contributed by atoms with Gasteiger partial charge in [-0.25, -0.2) is 0 Å². The van der Waals surface area contributed by atoms with Crippen LogP contribution < -0.4 is 14.8 Å². The molecule has 6 heteroatoms. The first-order valence-corrected chi connectivity index (χ1v) is 9.31. The fourth-order valence-corrected chi connectivity index (χ4v) is 4.37. The molecule has 0 radical (unpaired) electrons. The molecule has 0 spiro atoms. The molecule has 1 atom stereocenters.